The van der Waals surface area contributed by atoms with E-state index in [1.165, 1.54) is 44.3 Å². The van der Waals surface area contributed by atoms with Gasteiger partial charge in [0.05, 0.1) is 6.61 Å². The Labute approximate surface area is 115 Å². The molecule has 0 saturated carbocycles. The molecule has 3 rings (SSSR count). The van der Waals surface area contributed by atoms with E-state index in [4.69, 9.17) is 10.5 Å². The summed E-state index contributed by atoms with van der Waals surface area (Å²) < 4.78 is 5.73. The summed E-state index contributed by atoms with van der Waals surface area (Å²) in [4.78, 5) is 2.58. The van der Waals surface area contributed by atoms with Gasteiger partial charge in [0.25, 0.3) is 0 Å². The van der Waals surface area contributed by atoms with Crippen LogP contribution in [0.1, 0.15) is 31.2 Å². The Balaban J connectivity index is 1.65. The minimum absolute atomic E-state index is 0.427. The summed E-state index contributed by atoms with van der Waals surface area (Å²) in [6.45, 7) is 5.32. The molecule has 2 fully saturated rings. The SMILES string of the molecule is Nc1cccc(CN2CCCC3(CCCOC3)C2)c1. The average molecular weight is 260 g/mol. The zero-order chi connectivity index (χ0) is 13.1. The summed E-state index contributed by atoms with van der Waals surface area (Å²) in [6.07, 6.45) is 5.19. The number of likely N-dealkylation sites (tertiary alicyclic amines) is 1. The van der Waals surface area contributed by atoms with Crippen LogP contribution in [-0.2, 0) is 11.3 Å². The van der Waals surface area contributed by atoms with Gasteiger partial charge in [-0.3, -0.25) is 4.90 Å². The number of piperidine rings is 1. The molecule has 1 spiro atoms. The maximum Gasteiger partial charge on any atom is 0.0534 e. The fourth-order valence-electron chi connectivity index (χ4n) is 3.63. The maximum absolute atomic E-state index is 5.86. The number of rotatable bonds is 2. The van der Waals surface area contributed by atoms with Crippen LogP contribution in [0.25, 0.3) is 0 Å². The van der Waals surface area contributed by atoms with Crippen molar-refractivity contribution in [2.75, 3.05) is 32.0 Å². The fourth-order valence-corrected chi connectivity index (χ4v) is 3.63. The highest BCUT2D eigenvalue weighted by Crippen LogP contribution is 2.37. The van der Waals surface area contributed by atoms with E-state index < -0.39 is 0 Å². The Kier molecular flexibility index (Phi) is 3.76. The summed E-state index contributed by atoms with van der Waals surface area (Å²) in [5.41, 5.74) is 8.48. The van der Waals surface area contributed by atoms with Gasteiger partial charge in [0.2, 0.25) is 0 Å². The number of nitrogens with zero attached hydrogens (tertiary/aromatic N) is 1. The highest BCUT2D eigenvalue weighted by molar-refractivity contribution is 5.40. The lowest BCUT2D eigenvalue weighted by atomic mass is 9.76. The minimum atomic E-state index is 0.427. The second kappa shape index (κ2) is 5.51. The van der Waals surface area contributed by atoms with Gasteiger partial charge in [0, 0.05) is 30.8 Å². The van der Waals surface area contributed by atoms with Crippen LogP contribution < -0.4 is 5.73 Å². The van der Waals surface area contributed by atoms with Crippen molar-refractivity contribution >= 4 is 5.69 Å². The van der Waals surface area contributed by atoms with Crippen LogP contribution in [0.3, 0.4) is 0 Å². The van der Waals surface area contributed by atoms with Crippen LogP contribution in [-0.4, -0.2) is 31.2 Å². The molecule has 0 aliphatic carbocycles. The molecule has 2 aliphatic heterocycles. The van der Waals surface area contributed by atoms with Gasteiger partial charge in [-0.15, -0.1) is 0 Å². The third-order valence-corrected chi connectivity index (χ3v) is 4.50. The minimum Gasteiger partial charge on any atom is -0.399 e. The van der Waals surface area contributed by atoms with E-state index >= 15 is 0 Å². The van der Waals surface area contributed by atoms with Crippen molar-refractivity contribution in [1.29, 1.82) is 0 Å². The van der Waals surface area contributed by atoms with Gasteiger partial charge in [0.1, 0.15) is 0 Å². The predicted molar refractivity (Wildman–Crippen MR) is 77.9 cm³/mol. The molecular weight excluding hydrogens is 236 g/mol. The molecule has 3 nitrogen and oxygen atoms in total. The maximum atomic E-state index is 5.86. The van der Waals surface area contributed by atoms with E-state index in [0.29, 0.717) is 5.41 Å². The topological polar surface area (TPSA) is 38.5 Å². The van der Waals surface area contributed by atoms with Gasteiger partial charge in [-0.1, -0.05) is 12.1 Å². The van der Waals surface area contributed by atoms with Gasteiger partial charge < -0.3 is 10.5 Å². The van der Waals surface area contributed by atoms with Crippen LogP contribution in [0.5, 0.6) is 0 Å². The average Bonchev–Trinajstić information content (AvgIpc) is 2.40. The standard InChI is InChI=1S/C16H24N2O/c17-15-5-1-4-14(10-15)11-18-8-2-6-16(12-18)7-3-9-19-13-16/h1,4-5,10H,2-3,6-9,11-13,17H2. The number of nitrogens with two attached hydrogens (primary N) is 1. The third-order valence-electron chi connectivity index (χ3n) is 4.50. The van der Waals surface area contributed by atoms with Crippen LogP contribution in [0.4, 0.5) is 5.69 Å². The highest BCUT2D eigenvalue weighted by Gasteiger charge is 2.37. The first kappa shape index (κ1) is 12.9. The molecule has 2 heterocycles. The second-order valence-electron chi connectivity index (χ2n) is 6.22. The van der Waals surface area contributed by atoms with Gasteiger partial charge in [-0.2, -0.15) is 0 Å². The Morgan fingerprint density at radius 2 is 2.16 bits per heavy atom. The van der Waals surface area contributed by atoms with Crippen molar-refractivity contribution < 1.29 is 4.74 Å². The molecule has 104 valence electrons. The van der Waals surface area contributed by atoms with Crippen molar-refractivity contribution in [2.24, 2.45) is 5.41 Å². The monoisotopic (exact) mass is 260 g/mol. The number of hydrogen-bond donors (Lipinski definition) is 1. The summed E-state index contributed by atoms with van der Waals surface area (Å²) >= 11 is 0. The number of anilines is 1. The Morgan fingerprint density at radius 3 is 2.95 bits per heavy atom. The summed E-state index contributed by atoms with van der Waals surface area (Å²) in [7, 11) is 0. The van der Waals surface area contributed by atoms with Gasteiger partial charge in [-0.05, 0) is 49.9 Å². The van der Waals surface area contributed by atoms with Gasteiger partial charge in [0.15, 0.2) is 0 Å². The van der Waals surface area contributed by atoms with E-state index in [0.717, 1.165) is 25.4 Å². The molecule has 3 heteroatoms. The molecule has 0 bridgehead atoms. The van der Waals surface area contributed by atoms with E-state index in [2.05, 4.69) is 17.0 Å². The molecule has 0 aromatic heterocycles. The lowest BCUT2D eigenvalue weighted by Crippen LogP contribution is -2.47. The predicted octanol–water partition coefficient (Wildman–Crippen LogP) is 2.66. The van der Waals surface area contributed by atoms with Crippen LogP contribution in [0, 0.1) is 5.41 Å². The molecular formula is C16H24N2O. The molecule has 2 saturated heterocycles. The van der Waals surface area contributed by atoms with Crippen LogP contribution in [0.2, 0.25) is 0 Å². The number of nitrogen functional groups attached to an aromatic ring is 1. The van der Waals surface area contributed by atoms with Gasteiger partial charge >= 0.3 is 0 Å². The molecule has 19 heavy (non-hydrogen) atoms. The molecule has 1 atom stereocenters. The lowest BCUT2D eigenvalue weighted by molar-refractivity contribution is -0.0505. The van der Waals surface area contributed by atoms with Crippen molar-refractivity contribution in [3.63, 3.8) is 0 Å². The summed E-state index contributed by atoms with van der Waals surface area (Å²) in [5, 5.41) is 0. The molecule has 0 amide bonds. The zero-order valence-corrected chi connectivity index (χ0v) is 11.6. The first-order valence-corrected chi connectivity index (χ1v) is 7.40. The van der Waals surface area contributed by atoms with E-state index in [-0.39, 0.29) is 0 Å². The second-order valence-corrected chi connectivity index (χ2v) is 6.22. The van der Waals surface area contributed by atoms with E-state index in [1.54, 1.807) is 0 Å². The number of ether oxygens (including phenoxy) is 1. The Morgan fingerprint density at radius 1 is 1.26 bits per heavy atom. The fraction of sp³-hybridized carbons (Fsp3) is 0.625. The third kappa shape index (κ3) is 3.10. The van der Waals surface area contributed by atoms with Crippen molar-refractivity contribution in [2.45, 2.75) is 32.2 Å². The molecule has 2 N–H and O–H groups in total. The molecule has 1 aromatic rings. The normalized spacial score (nSPS) is 28.6. The smallest absolute Gasteiger partial charge is 0.0534 e. The summed E-state index contributed by atoms with van der Waals surface area (Å²) in [5.74, 6) is 0. The van der Waals surface area contributed by atoms with Crippen LogP contribution in [0.15, 0.2) is 24.3 Å². The molecule has 0 radical (unpaired) electrons. The van der Waals surface area contributed by atoms with Crippen molar-refractivity contribution in [3.05, 3.63) is 29.8 Å². The highest BCUT2D eigenvalue weighted by atomic mass is 16.5. The molecule has 1 aromatic carbocycles. The molecule has 2 aliphatic rings. The Bertz CT molecular complexity index is 421. The van der Waals surface area contributed by atoms with Crippen LogP contribution >= 0.6 is 0 Å². The Hall–Kier alpha value is -1.06. The quantitative estimate of drug-likeness (QED) is 0.831. The first-order valence-electron chi connectivity index (χ1n) is 7.40. The lowest BCUT2D eigenvalue weighted by Gasteiger charge is -2.45. The largest absolute Gasteiger partial charge is 0.399 e. The van der Waals surface area contributed by atoms with E-state index in [9.17, 15) is 0 Å². The van der Waals surface area contributed by atoms with Crippen molar-refractivity contribution in [3.8, 4) is 0 Å². The summed E-state index contributed by atoms with van der Waals surface area (Å²) in [6, 6.07) is 8.28. The first-order chi connectivity index (χ1) is 9.26. The van der Waals surface area contributed by atoms with E-state index in [1.807, 2.05) is 12.1 Å². The van der Waals surface area contributed by atoms with Gasteiger partial charge in [-0.25, -0.2) is 0 Å². The number of hydrogen-bond acceptors (Lipinski definition) is 3. The molecule has 1 unspecified atom stereocenters. The zero-order valence-electron chi connectivity index (χ0n) is 11.6. The van der Waals surface area contributed by atoms with Crippen molar-refractivity contribution in [1.82, 2.24) is 4.90 Å². The number of benzene rings is 1.